The molecule has 1 aromatic rings. The number of nitrogens with zero attached hydrogens (tertiary/aromatic N) is 1. The van der Waals surface area contributed by atoms with Crippen molar-refractivity contribution in [2.75, 3.05) is 5.75 Å². The molecule has 1 nitrogen and oxygen atoms in total. The van der Waals surface area contributed by atoms with E-state index >= 15 is 0 Å². The second-order valence-corrected chi connectivity index (χ2v) is 3.31. The summed E-state index contributed by atoms with van der Waals surface area (Å²) in [6.07, 6.45) is 1.84. The molecule has 0 bridgehead atoms. The van der Waals surface area contributed by atoms with E-state index in [2.05, 4.69) is 24.9 Å². The molecule has 0 saturated carbocycles. The molecule has 14 heavy (non-hydrogen) atoms. The number of hydrogen-bond donors (Lipinski definition) is 0. The molecule has 2 heteroatoms. The van der Waals surface area contributed by atoms with Gasteiger partial charge in [-0.25, -0.2) is 4.98 Å². The Morgan fingerprint density at radius 1 is 1.21 bits per heavy atom. The van der Waals surface area contributed by atoms with Gasteiger partial charge >= 0.3 is 0 Å². The third-order valence-corrected chi connectivity index (χ3v) is 2.23. The van der Waals surface area contributed by atoms with Crippen LogP contribution < -0.4 is 0 Å². The van der Waals surface area contributed by atoms with Gasteiger partial charge in [0, 0.05) is 6.20 Å². The summed E-state index contributed by atoms with van der Waals surface area (Å²) in [5, 5.41) is 1.16. The standard InChI is InChI=1S/C8H11NS.2C2H6/c1-3-10-8-7(2)5-4-6-9-8;2*1-2/h4-6H,3H2,1-2H3;2*1-2H3. The first kappa shape index (κ1) is 15.9. The zero-order chi connectivity index (χ0) is 11.4. The molecule has 0 amide bonds. The highest BCUT2D eigenvalue weighted by atomic mass is 32.2. The first-order valence-electron chi connectivity index (χ1n) is 5.39. The van der Waals surface area contributed by atoms with Crippen LogP contribution in [0.2, 0.25) is 0 Å². The summed E-state index contributed by atoms with van der Waals surface area (Å²) in [4.78, 5) is 4.23. The molecule has 0 radical (unpaired) electrons. The summed E-state index contributed by atoms with van der Waals surface area (Å²) in [5.74, 6) is 1.10. The van der Waals surface area contributed by atoms with E-state index in [1.165, 1.54) is 5.56 Å². The van der Waals surface area contributed by atoms with Crippen molar-refractivity contribution in [3.8, 4) is 0 Å². The van der Waals surface area contributed by atoms with E-state index in [0.29, 0.717) is 0 Å². The van der Waals surface area contributed by atoms with E-state index in [0.717, 1.165) is 10.8 Å². The van der Waals surface area contributed by atoms with Crippen LogP contribution in [-0.2, 0) is 0 Å². The van der Waals surface area contributed by atoms with Gasteiger partial charge in [0.2, 0.25) is 0 Å². The molecule has 0 aliphatic carbocycles. The van der Waals surface area contributed by atoms with Gasteiger partial charge in [-0.2, -0.15) is 0 Å². The third kappa shape index (κ3) is 6.96. The van der Waals surface area contributed by atoms with Crippen molar-refractivity contribution in [1.29, 1.82) is 0 Å². The van der Waals surface area contributed by atoms with Crippen molar-refractivity contribution in [3.63, 3.8) is 0 Å². The summed E-state index contributed by atoms with van der Waals surface area (Å²) in [5.41, 5.74) is 1.27. The zero-order valence-corrected chi connectivity index (χ0v) is 11.1. The average molecular weight is 213 g/mol. The minimum absolute atomic E-state index is 1.10. The maximum Gasteiger partial charge on any atom is 0.0988 e. The summed E-state index contributed by atoms with van der Waals surface area (Å²) in [6.45, 7) is 12.2. The van der Waals surface area contributed by atoms with Crippen LogP contribution in [0.25, 0.3) is 0 Å². The molecule has 0 atom stereocenters. The Bertz CT molecular complexity index is 211. The van der Waals surface area contributed by atoms with Crippen LogP contribution in [0.5, 0.6) is 0 Å². The summed E-state index contributed by atoms with van der Waals surface area (Å²) < 4.78 is 0. The van der Waals surface area contributed by atoms with Gasteiger partial charge in [-0.05, 0) is 24.3 Å². The highest BCUT2D eigenvalue weighted by Crippen LogP contribution is 2.17. The molecule has 0 spiro atoms. The van der Waals surface area contributed by atoms with E-state index in [-0.39, 0.29) is 0 Å². The number of pyridine rings is 1. The molecule has 0 aromatic carbocycles. The first-order chi connectivity index (χ1) is 6.84. The Morgan fingerprint density at radius 3 is 2.21 bits per heavy atom. The monoisotopic (exact) mass is 213 g/mol. The lowest BCUT2D eigenvalue weighted by Crippen LogP contribution is -1.83. The fourth-order valence-electron chi connectivity index (χ4n) is 0.759. The van der Waals surface area contributed by atoms with Crippen LogP contribution in [-0.4, -0.2) is 10.7 Å². The van der Waals surface area contributed by atoms with Gasteiger partial charge in [0.25, 0.3) is 0 Å². The van der Waals surface area contributed by atoms with Gasteiger partial charge in [0.05, 0.1) is 5.03 Å². The lowest BCUT2D eigenvalue weighted by Gasteiger charge is -1.99. The Labute approximate surface area is 93.3 Å². The largest absolute Gasteiger partial charge is 0.250 e. The minimum atomic E-state index is 1.10. The predicted octanol–water partition coefficient (Wildman–Crippen LogP) is 4.55. The fraction of sp³-hybridized carbons (Fsp3) is 0.583. The van der Waals surface area contributed by atoms with Crippen molar-refractivity contribution >= 4 is 11.8 Å². The van der Waals surface area contributed by atoms with Crippen LogP contribution >= 0.6 is 11.8 Å². The van der Waals surface area contributed by atoms with Crippen LogP contribution in [0.4, 0.5) is 0 Å². The molecular weight excluding hydrogens is 190 g/mol. The number of rotatable bonds is 2. The smallest absolute Gasteiger partial charge is 0.0988 e. The van der Waals surface area contributed by atoms with Crippen molar-refractivity contribution in [2.45, 2.75) is 46.6 Å². The topological polar surface area (TPSA) is 12.9 Å². The number of thioether (sulfide) groups is 1. The Balaban J connectivity index is 0. The van der Waals surface area contributed by atoms with Crippen molar-refractivity contribution < 1.29 is 0 Å². The van der Waals surface area contributed by atoms with Gasteiger partial charge in [-0.3, -0.25) is 0 Å². The molecule has 0 fully saturated rings. The first-order valence-corrected chi connectivity index (χ1v) is 6.37. The third-order valence-electron chi connectivity index (χ3n) is 1.24. The number of aromatic nitrogens is 1. The molecule has 0 aliphatic heterocycles. The van der Waals surface area contributed by atoms with E-state index in [9.17, 15) is 0 Å². The quantitative estimate of drug-likeness (QED) is 0.668. The molecule has 0 saturated heterocycles. The highest BCUT2D eigenvalue weighted by molar-refractivity contribution is 7.99. The van der Waals surface area contributed by atoms with Gasteiger partial charge in [0.15, 0.2) is 0 Å². The van der Waals surface area contributed by atoms with Crippen LogP contribution in [0, 0.1) is 6.92 Å². The summed E-state index contributed by atoms with van der Waals surface area (Å²) in [7, 11) is 0. The van der Waals surface area contributed by atoms with E-state index in [1.807, 2.05) is 40.0 Å². The normalized spacial score (nSPS) is 7.86. The minimum Gasteiger partial charge on any atom is -0.250 e. The molecule has 82 valence electrons. The van der Waals surface area contributed by atoms with Crippen molar-refractivity contribution in [3.05, 3.63) is 23.9 Å². The Kier molecular flexibility index (Phi) is 14.2. The van der Waals surface area contributed by atoms with Crippen molar-refractivity contribution in [1.82, 2.24) is 4.98 Å². The molecule has 0 aliphatic rings. The van der Waals surface area contributed by atoms with E-state index in [4.69, 9.17) is 0 Å². The van der Waals surface area contributed by atoms with E-state index < -0.39 is 0 Å². The van der Waals surface area contributed by atoms with Gasteiger partial charge < -0.3 is 0 Å². The lowest BCUT2D eigenvalue weighted by atomic mass is 10.3. The van der Waals surface area contributed by atoms with Crippen LogP contribution in [0.15, 0.2) is 23.4 Å². The molecule has 1 aromatic heterocycles. The van der Waals surface area contributed by atoms with Crippen LogP contribution in [0.3, 0.4) is 0 Å². The Morgan fingerprint density at radius 2 is 1.79 bits per heavy atom. The summed E-state index contributed by atoms with van der Waals surface area (Å²) in [6, 6.07) is 4.06. The van der Waals surface area contributed by atoms with Gasteiger partial charge in [-0.1, -0.05) is 40.7 Å². The highest BCUT2D eigenvalue weighted by Gasteiger charge is 1.94. The number of aryl methyl sites for hydroxylation is 1. The molecule has 1 rings (SSSR count). The Hall–Kier alpha value is -0.500. The summed E-state index contributed by atoms with van der Waals surface area (Å²) >= 11 is 1.79. The SMILES string of the molecule is CC.CC.CCSc1ncccc1C. The fourth-order valence-corrected chi connectivity index (χ4v) is 1.46. The maximum atomic E-state index is 4.23. The van der Waals surface area contributed by atoms with Gasteiger partial charge in [0.1, 0.15) is 0 Å². The van der Waals surface area contributed by atoms with Gasteiger partial charge in [-0.15, -0.1) is 11.8 Å². The van der Waals surface area contributed by atoms with E-state index in [1.54, 1.807) is 11.8 Å². The second-order valence-electron chi connectivity index (χ2n) is 2.06. The lowest BCUT2D eigenvalue weighted by molar-refractivity contribution is 1.08. The zero-order valence-electron chi connectivity index (χ0n) is 10.3. The molecule has 1 heterocycles. The molecule has 0 N–H and O–H groups in total. The molecule has 0 unspecified atom stereocenters. The molecular formula is C12H23NS. The average Bonchev–Trinajstić information content (AvgIpc) is 2.28. The number of hydrogen-bond acceptors (Lipinski definition) is 2. The maximum absolute atomic E-state index is 4.23. The van der Waals surface area contributed by atoms with Crippen molar-refractivity contribution in [2.24, 2.45) is 0 Å². The second kappa shape index (κ2) is 12.5. The van der Waals surface area contributed by atoms with Crippen LogP contribution in [0.1, 0.15) is 40.2 Å². The predicted molar refractivity (Wildman–Crippen MR) is 68.1 cm³/mol.